The van der Waals surface area contributed by atoms with Crippen LogP contribution in [-0.4, -0.2) is 54.5 Å². The lowest BCUT2D eigenvalue weighted by Crippen LogP contribution is -2.37. The van der Waals surface area contributed by atoms with Gasteiger partial charge in [-0.3, -0.25) is 4.90 Å². The highest BCUT2D eigenvalue weighted by atomic mass is 32.1. The van der Waals surface area contributed by atoms with Gasteiger partial charge in [-0.2, -0.15) is 0 Å². The molecule has 1 saturated heterocycles. The zero-order chi connectivity index (χ0) is 11.2. The summed E-state index contributed by atoms with van der Waals surface area (Å²) in [7, 11) is 0. The van der Waals surface area contributed by atoms with Gasteiger partial charge in [0.2, 0.25) is 10.3 Å². The van der Waals surface area contributed by atoms with Crippen LogP contribution in [0, 0.1) is 0 Å². The molecule has 0 atom stereocenters. The number of anilines is 2. The van der Waals surface area contributed by atoms with Gasteiger partial charge in [-0.25, -0.2) is 0 Å². The number of aromatic nitrogens is 2. The number of ether oxygens (including phenoxy) is 1. The summed E-state index contributed by atoms with van der Waals surface area (Å²) in [5.74, 6) is 0. The van der Waals surface area contributed by atoms with E-state index in [9.17, 15) is 0 Å². The van der Waals surface area contributed by atoms with Crippen molar-refractivity contribution in [2.24, 2.45) is 0 Å². The Morgan fingerprint density at radius 2 is 2.19 bits per heavy atom. The van der Waals surface area contributed by atoms with Crippen LogP contribution >= 0.6 is 11.3 Å². The smallest absolute Gasteiger partial charge is 0.207 e. The Morgan fingerprint density at radius 1 is 1.38 bits per heavy atom. The van der Waals surface area contributed by atoms with Crippen molar-refractivity contribution < 1.29 is 4.74 Å². The van der Waals surface area contributed by atoms with E-state index in [0.717, 1.165) is 50.9 Å². The normalized spacial score (nSPS) is 17.5. The summed E-state index contributed by atoms with van der Waals surface area (Å²) < 4.78 is 5.29. The Kier molecular flexibility index (Phi) is 4.32. The van der Waals surface area contributed by atoms with Crippen molar-refractivity contribution in [1.29, 1.82) is 0 Å². The van der Waals surface area contributed by atoms with E-state index >= 15 is 0 Å². The molecule has 0 bridgehead atoms. The fourth-order valence-electron chi connectivity index (χ4n) is 1.63. The second-order valence-electron chi connectivity index (χ2n) is 3.68. The number of nitrogens with two attached hydrogens (primary N) is 1. The molecule has 1 fully saturated rings. The van der Waals surface area contributed by atoms with Crippen molar-refractivity contribution in [2.75, 3.05) is 50.4 Å². The first kappa shape index (κ1) is 11.6. The Hall–Kier alpha value is -0.920. The second-order valence-corrected chi connectivity index (χ2v) is 4.69. The molecule has 7 heteroatoms. The molecule has 1 aliphatic heterocycles. The molecule has 1 aromatic heterocycles. The zero-order valence-electron chi connectivity index (χ0n) is 9.19. The summed E-state index contributed by atoms with van der Waals surface area (Å²) in [5.41, 5.74) is 5.48. The number of hydrogen-bond donors (Lipinski definition) is 2. The van der Waals surface area contributed by atoms with Crippen LogP contribution in [0.3, 0.4) is 0 Å². The molecule has 0 unspecified atom stereocenters. The molecule has 90 valence electrons. The van der Waals surface area contributed by atoms with Gasteiger partial charge in [0, 0.05) is 19.6 Å². The lowest BCUT2D eigenvalue weighted by molar-refractivity contribution is 0.0378. The molecule has 3 N–H and O–H groups in total. The highest BCUT2D eigenvalue weighted by molar-refractivity contribution is 7.18. The Morgan fingerprint density at radius 3 is 2.88 bits per heavy atom. The highest BCUT2D eigenvalue weighted by Crippen LogP contribution is 2.15. The first-order valence-electron chi connectivity index (χ1n) is 5.47. The number of nitrogen functional groups attached to an aromatic ring is 1. The first-order valence-corrected chi connectivity index (χ1v) is 6.29. The van der Waals surface area contributed by atoms with E-state index < -0.39 is 0 Å². The average molecular weight is 243 g/mol. The van der Waals surface area contributed by atoms with Crippen molar-refractivity contribution in [2.45, 2.75) is 6.42 Å². The molecule has 2 rings (SSSR count). The molecule has 0 radical (unpaired) electrons. The van der Waals surface area contributed by atoms with Crippen molar-refractivity contribution in [3.05, 3.63) is 0 Å². The largest absolute Gasteiger partial charge is 0.379 e. The fourth-order valence-corrected chi connectivity index (χ4v) is 2.16. The summed E-state index contributed by atoms with van der Waals surface area (Å²) in [5, 5.41) is 12.2. The van der Waals surface area contributed by atoms with Crippen LogP contribution in [-0.2, 0) is 4.74 Å². The highest BCUT2D eigenvalue weighted by Gasteiger charge is 2.09. The number of rotatable bonds is 5. The molecule has 1 aliphatic rings. The summed E-state index contributed by atoms with van der Waals surface area (Å²) in [6.07, 6.45) is 1.10. The van der Waals surface area contributed by atoms with Crippen LogP contribution in [0.1, 0.15) is 6.42 Å². The summed E-state index contributed by atoms with van der Waals surface area (Å²) in [4.78, 5) is 2.42. The first-order chi connectivity index (χ1) is 7.84. The summed E-state index contributed by atoms with van der Waals surface area (Å²) in [6, 6.07) is 0. The molecule has 1 aromatic rings. The van der Waals surface area contributed by atoms with Gasteiger partial charge < -0.3 is 15.8 Å². The molecule has 0 aliphatic carbocycles. The molecular formula is C9H17N5OS. The molecule has 0 aromatic carbocycles. The molecule has 2 heterocycles. The van der Waals surface area contributed by atoms with E-state index in [1.54, 1.807) is 0 Å². The summed E-state index contributed by atoms with van der Waals surface area (Å²) in [6.45, 7) is 5.83. The van der Waals surface area contributed by atoms with Gasteiger partial charge in [0.1, 0.15) is 0 Å². The second kappa shape index (κ2) is 5.97. The Balaban J connectivity index is 1.57. The van der Waals surface area contributed by atoms with E-state index in [1.807, 2.05) is 0 Å². The van der Waals surface area contributed by atoms with Gasteiger partial charge in [-0.15, -0.1) is 10.2 Å². The zero-order valence-corrected chi connectivity index (χ0v) is 10.0. The van der Waals surface area contributed by atoms with Crippen LogP contribution < -0.4 is 11.1 Å². The predicted molar refractivity (Wildman–Crippen MR) is 64.7 cm³/mol. The standard InChI is InChI=1S/C9H17N5OS/c10-8-12-13-9(16-8)11-2-1-3-14-4-6-15-7-5-14/h1-7H2,(H2,10,12)(H,11,13). The lowest BCUT2D eigenvalue weighted by Gasteiger charge is -2.26. The molecule has 0 spiro atoms. The minimum absolute atomic E-state index is 0.510. The van der Waals surface area contributed by atoms with Crippen LogP contribution in [0.4, 0.5) is 10.3 Å². The lowest BCUT2D eigenvalue weighted by atomic mass is 10.3. The van der Waals surface area contributed by atoms with Crippen LogP contribution in [0.5, 0.6) is 0 Å². The predicted octanol–water partition coefficient (Wildman–Crippen LogP) is 0.254. The monoisotopic (exact) mass is 243 g/mol. The molecule has 0 saturated carbocycles. The number of nitrogens with zero attached hydrogens (tertiary/aromatic N) is 3. The molecule has 0 amide bonds. The van der Waals surface area contributed by atoms with Gasteiger partial charge in [0.25, 0.3) is 0 Å². The maximum Gasteiger partial charge on any atom is 0.207 e. The van der Waals surface area contributed by atoms with Gasteiger partial charge in [0.15, 0.2) is 0 Å². The van der Waals surface area contributed by atoms with Gasteiger partial charge in [-0.05, 0) is 13.0 Å². The third-order valence-corrected chi connectivity index (χ3v) is 3.18. The molecule has 6 nitrogen and oxygen atoms in total. The van der Waals surface area contributed by atoms with Crippen molar-refractivity contribution in [1.82, 2.24) is 15.1 Å². The molecular weight excluding hydrogens is 226 g/mol. The SMILES string of the molecule is Nc1nnc(NCCCN2CCOCC2)s1. The van der Waals surface area contributed by atoms with Crippen molar-refractivity contribution in [3.63, 3.8) is 0 Å². The van der Waals surface area contributed by atoms with Crippen LogP contribution in [0.2, 0.25) is 0 Å². The number of nitrogens with one attached hydrogen (secondary N) is 1. The number of hydrogen-bond acceptors (Lipinski definition) is 7. The van der Waals surface area contributed by atoms with Crippen molar-refractivity contribution >= 4 is 21.6 Å². The van der Waals surface area contributed by atoms with Gasteiger partial charge in [-0.1, -0.05) is 11.3 Å². The van der Waals surface area contributed by atoms with Crippen LogP contribution in [0.25, 0.3) is 0 Å². The topological polar surface area (TPSA) is 76.3 Å². The van der Waals surface area contributed by atoms with E-state index in [0.29, 0.717) is 5.13 Å². The van der Waals surface area contributed by atoms with Gasteiger partial charge in [0.05, 0.1) is 13.2 Å². The van der Waals surface area contributed by atoms with E-state index in [-0.39, 0.29) is 0 Å². The third-order valence-electron chi connectivity index (χ3n) is 2.47. The van der Waals surface area contributed by atoms with Crippen molar-refractivity contribution in [3.8, 4) is 0 Å². The van der Waals surface area contributed by atoms with Crippen LogP contribution in [0.15, 0.2) is 0 Å². The Bertz CT molecular complexity index is 313. The number of morpholine rings is 1. The fraction of sp³-hybridized carbons (Fsp3) is 0.778. The maximum absolute atomic E-state index is 5.48. The molecule has 16 heavy (non-hydrogen) atoms. The average Bonchev–Trinajstić information content (AvgIpc) is 2.72. The summed E-state index contributed by atoms with van der Waals surface area (Å²) >= 11 is 1.38. The minimum atomic E-state index is 0.510. The quantitative estimate of drug-likeness (QED) is 0.722. The van der Waals surface area contributed by atoms with Gasteiger partial charge >= 0.3 is 0 Å². The maximum atomic E-state index is 5.48. The van der Waals surface area contributed by atoms with E-state index in [1.165, 1.54) is 11.3 Å². The van der Waals surface area contributed by atoms with E-state index in [2.05, 4.69) is 20.4 Å². The third kappa shape index (κ3) is 3.58. The van der Waals surface area contributed by atoms with E-state index in [4.69, 9.17) is 10.5 Å². The minimum Gasteiger partial charge on any atom is -0.379 e. The Labute approximate surface area is 98.8 Å².